The first-order valence-electron chi connectivity index (χ1n) is 7.45. The van der Waals surface area contributed by atoms with E-state index in [0.717, 1.165) is 29.7 Å². The van der Waals surface area contributed by atoms with Crippen molar-refractivity contribution < 1.29 is 0 Å². The fraction of sp³-hybridized carbons (Fsp3) is 1.00. The van der Waals surface area contributed by atoms with Crippen LogP contribution in [0.25, 0.3) is 0 Å². The van der Waals surface area contributed by atoms with E-state index in [2.05, 4.69) is 26.2 Å². The Labute approximate surface area is 101 Å². The van der Waals surface area contributed by atoms with Crippen molar-refractivity contribution in [2.75, 3.05) is 7.05 Å². The lowest BCUT2D eigenvalue weighted by Gasteiger charge is -2.37. The first kappa shape index (κ1) is 12.4. The van der Waals surface area contributed by atoms with E-state index in [0.29, 0.717) is 0 Å². The molecule has 2 saturated carbocycles. The molecule has 5 atom stereocenters. The molecule has 0 amide bonds. The Kier molecular flexibility index (Phi) is 4.29. The third-order valence-corrected chi connectivity index (χ3v) is 5.53. The third-order valence-electron chi connectivity index (χ3n) is 5.53. The zero-order valence-corrected chi connectivity index (χ0v) is 11.3. The Bertz CT molecular complexity index is 213. The average Bonchev–Trinajstić information content (AvgIpc) is 2.70. The van der Waals surface area contributed by atoms with Crippen LogP contribution in [0.1, 0.15) is 58.8 Å². The molecular formula is C15H29N. The molecule has 0 aromatic carbocycles. The van der Waals surface area contributed by atoms with Gasteiger partial charge >= 0.3 is 0 Å². The molecule has 2 aliphatic carbocycles. The first-order chi connectivity index (χ1) is 7.77. The first-order valence-corrected chi connectivity index (χ1v) is 7.45. The number of nitrogens with one attached hydrogen (secondary N) is 1. The van der Waals surface area contributed by atoms with Crippen LogP contribution in [0.4, 0.5) is 0 Å². The van der Waals surface area contributed by atoms with Crippen molar-refractivity contribution in [2.45, 2.75) is 64.8 Å². The van der Waals surface area contributed by atoms with Gasteiger partial charge in [-0.3, -0.25) is 0 Å². The lowest BCUT2D eigenvalue weighted by Crippen LogP contribution is -2.34. The number of rotatable bonds is 3. The summed E-state index contributed by atoms with van der Waals surface area (Å²) < 4.78 is 0. The van der Waals surface area contributed by atoms with Gasteiger partial charge in [0.1, 0.15) is 0 Å². The van der Waals surface area contributed by atoms with Gasteiger partial charge in [0.2, 0.25) is 0 Å². The fourth-order valence-electron chi connectivity index (χ4n) is 4.51. The van der Waals surface area contributed by atoms with Gasteiger partial charge in [0.05, 0.1) is 0 Å². The summed E-state index contributed by atoms with van der Waals surface area (Å²) in [6.45, 7) is 4.89. The van der Waals surface area contributed by atoms with Gasteiger partial charge in [-0.1, -0.05) is 39.5 Å². The molecule has 2 fully saturated rings. The van der Waals surface area contributed by atoms with Crippen molar-refractivity contribution in [3.8, 4) is 0 Å². The van der Waals surface area contributed by atoms with Crippen LogP contribution in [0.3, 0.4) is 0 Å². The van der Waals surface area contributed by atoms with Crippen LogP contribution in [-0.4, -0.2) is 13.1 Å². The van der Waals surface area contributed by atoms with Gasteiger partial charge in [-0.05, 0) is 50.0 Å². The zero-order chi connectivity index (χ0) is 11.5. The summed E-state index contributed by atoms with van der Waals surface area (Å²) in [4.78, 5) is 0. The normalized spacial score (nSPS) is 44.8. The maximum absolute atomic E-state index is 3.52. The van der Waals surface area contributed by atoms with Gasteiger partial charge in [0, 0.05) is 6.04 Å². The predicted octanol–water partition coefficient (Wildman–Crippen LogP) is 3.84. The van der Waals surface area contributed by atoms with E-state index >= 15 is 0 Å². The van der Waals surface area contributed by atoms with Crippen molar-refractivity contribution >= 4 is 0 Å². The maximum Gasteiger partial charge on any atom is 0.00925 e. The van der Waals surface area contributed by atoms with Crippen LogP contribution < -0.4 is 5.32 Å². The monoisotopic (exact) mass is 223 g/mol. The highest BCUT2D eigenvalue weighted by atomic mass is 14.9. The molecule has 1 N–H and O–H groups in total. The van der Waals surface area contributed by atoms with Gasteiger partial charge in [-0.15, -0.1) is 0 Å². The topological polar surface area (TPSA) is 12.0 Å². The van der Waals surface area contributed by atoms with Crippen LogP contribution in [0, 0.1) is 23.7 Å². The molecule has 0 radical (unpaired) electrons. The molecule has 0 aromatic heterocycles. The Morgan fingerprint density at radius 2 is 1.75 bits per heavy atom. The van der Waals surface area contributed by atoms with E-state index in [1.54, 1.807) is 0 Å². The van der Waals surface area contributed by atoms with E-state index in [1.807, 2.05) is 0 Å². The average molecular weight is 223 g/mol. The molecule has 2 aliphatic rings. The largest absolute Gasteiger partial charge is 0.317 e. The SMILES string of the molecule is CCC1CCCCC1C1CCC(NC)C1C. The smallest absolute Gasteiger partial charge is 0.00925 e. The molecule has 94 valence electrons. The lowest BCUT2D eigenvalue weighted by molar-refractivity contribution is 0.128. The third kappa shape index (κ3) is 2.30. The minimum Gasteiger partial charge on any atom is -0.317 e. The van der Waals surface area contributed by atoms with Crippen LogP contribution >= 0.6 is 0 Å². The lowest BCUT2D eigenvalue weighted by atomic mass is 9.68. The minimum atomic E-state index is 0.796. The second-order valence-electron chi connectivity index (χ2n) is 6.11. The summed E-state index contributed by atoms with van der Waals surface area (Å²) in [6, 6.07) is 0.796. The molecule has 2 rings (SSSR count). The van der Waals surface area contributed by atoms with Gasteiger partial charge in [-0.2, -0.15) is 0 Å². The molecule has 0 aliphatic heterocycles. The van der Waals surface area contributed by atoms with Crippen molar-refractivity contribution in [2.24, 2.45) is 23.7 Å². The van der Waals surface area contributed by atoms with Crippen LogP contribution in [0.2, 0.25) is 0 Å². The van der Waals surface area contributed by atoms with Crippen molar-refractivity contribution in [3.05, 3.63) is 0 Å². The highest BCUT2D eigenvalue weighted by molar-refractivity contribution is 4.92. The molecule has 16 heavy (non-hydrogen) atoms. The van der Waals surface area contributed by atoms with Crippen molar-refractivity contribution in [1.82, 2.24) is 5.32 Å². The predicted molar refractivity (Wildman–Crippen MR) is 70.5 cm³/mol. The van der Waals surface area contributed by atoms with E-state index in [9.17, 15) is 0 Å². The molecular weight excluding hydrogens is 194 g/mol. The van der Waals surface area contributed by atoms with Gasteiger partial charge in [-0.25, -0.2) is 0 Å². The Morgan fingerprint density at radius 1 is 1.00 bits per heavy atom. The Morgan fingerprint density at radius 3 is 2.38 bits per heavy atom. The standard InChI is InChI=1S/C15H29N/c1-4-12-7-5-6-8-14(12)13-9-10-15(16-3)11(13)2/h11-16H,4-10H2,1-3H3. The maximum atomic E-state index is 3.52. The van der Waals surface area contributed by atoms with E-state index in [-0.39, 0.29) is 0 Å². The summed E-state index contributed by atoms with van der Waals surface area (Å²) in [5.41, 5.74) is 0. The molecule has 1 nitrogen and oxygen atoms in total. The fourth-order valence-corrected chi connectivity index (χ4v) is 4.51. The van der Waals surface area contributed by atoms with Gasteiger partial charge < -0.3 is 5.32 Å². The Hall–Kier alpha value is -0.0400. The molecule has 0 spiro atoms. The van der Waals surface area contributed by atoms with E-state index < -0.39 is 0 Å². The summed E-state index contributed by atoms with van der Waals surface area (Å²) in [5.74, 6) is 4.01. The summed E-state index contributed by atoms with van der Waals surface area (Å²) in [5, 5.41) is 3.52. The van der Waals surface area contributed by atoms with Gasteiger partial charge in [0.15, 0.2) is 0 Å². The van der Waals surface area contributed by atoms with E-state index in [4.69, 9.17) is 0 Å². The highest BCUT2D eigenvalue weighted by Crippen LogP contribution is 2.46. The second-order valence-corrected chi connectivity index (χ2v) is 6.11. The van der Waals surface area contributed by atoms with Crippen LogP contribution in [0.15, 0.2) is 0 Å². The summed E-state index contributed by atoms with van der Waals surface area (Å²) >= 11 is 0. The molecule has 5 unspecified atom stereocenters. The van der Waals surface area contributed by atoms with Gasteiger partial charge in [0.25, 0.3) is 0 Å². The van der Waals surface area contributed by atoms with Crippen molar-refractivity contribution in [3.63, 3.8) is 0 Å². The summed E-state index contributed by atoms with van der Waals surface area (Å²) in [6.07, 6.45) is 10.3. The van der Waals surface area contributed by atoms with Crippen molar-refractivity contribution in [1.29, 1.82) is 0 Å². The molecule has 1 heteroatoms. The number of hydrogen-bond donors (Lipinski definition) is 1. The quantitative estimate of drug-likeness (QED) is 0.766. The molecule has 0 saturated heterocycles. The number of hydrogen-bond acceptors (Lipinski definition) is 1. The second kappa shape index (κ2) is 5.53. The van der Waals surface area contributed by atoms with E-state index in [1.165, 1.54) is 44.9 Å². The Balaban J connectivity index is 2.00. The highest BCUT2D eigenvalue weighted by Gasteiger charge is 2.39. The van der Waals surface area contributed by atoms with Crippen LogP contribution in [-0.2, 0) is 0 Å². The molecule has 0 aromatic rings. The molecule has 0 bridgehead atoms. The van der Waals surface area contributed by atoms with Crippen LogP contribution in [0.5, 0.6) is 0 Å². The minimum absolute atomic E-state index is 0.796. The molecule has 0 heterocycles. The summed E-state index contributed by atoms with van der Waals surface area (Å²) in [7, 11) is 2.14. The zero-order valence-electron chi connectivity index (χ0n) is 11.3.